The second-order valence-corrected chi connectivity index (χ2v) is 2.95. The lowest BCUT2D eigenvalue weighted by Crippen LogP contribution is -2.09. The van der Waals surface area contributed by atoms with E-state index in [9.17, 15) is 18.0 Å². The Morgan fingerprint density at radius 2 is 2.12 bits per heavy atom. The maximum Gasteiger partial charge on any atom is 0.433 e. The van der Waals surface area contributed by atoms with Gasteiger partial charge in [0.15, 0.2) is 0 Å². The normalized spacial score (nSPS) is 11.4. The van der Waals surface area contributed by atoms with E-state index >= 15 is 0 Å². The number of terminal acetylenes is 1. The number of alkyl halides is 3. The molecule has 0 unspecified atom stereocenters. The quantitative estimate of drug-likeness (QED) is 0.637. The Balaban J connectivity index is 3.20. The molecular formula is C11H6F3NO2. The van der Waals surface area contributed by atoms with Crippen molar-refractivity contribution in [3.8, 4) is 12.3 Å². The van der Waals surface area contributed by atoms with Crippen molar-refractivity contribution in [2.45, 2.75) is 6.18 Å². The van der Waals surface area contributed by atoms with Crippen LogP contribution in [0.2, 0.25) is 0 Å². The molecule has 1 aromatic heterocycles. The highest BCUT2D eigenvalue weighted by atomic mass is 19.4. The molecule has 0 radical (unpaired) electrons. The van der Waals surface area contributed by atoms with Gasteiger partial charge in [-0.05, 0) is 24.1 Å². The van der Waals surface area contributed by atoms with E-state index in [0.717, 1.165) is 24.3 Å². The van der Waals surface area contributed by atoms with Crippen LogP contribution in [0.5, 0.6) is 0 Å². The number of aliphatic carboxylic acids is 1. The highest BCUT2D eigenvalue weighted by Crippen LogP contribution is 2.28. The summed E-state index contributed by atoms with van der Waals surface area (Å²) in [4.78, 5) is 13.5. The molecule has 1 N–H and O–H groups in total. The summed E-state index contributed by atoms with van der Waals surface area (Å²) >= 11 is 0. The molecule has 1 heterocycles. The van der Waals surface area contributed by atoms with Crippen LogP contribution in [0.3, 0.4) is 0 Å². The average molecular weight is 241 g/mol. The van der Waals surface area contributed by atoms with Crippen LogP contribution in [0.4, 0.5) is 13.2 Å². The van der Waals surface area contributed by atoms with Crippen LogP contribution in [-0.4, -0.2) is 16.1 Å². The lowest BCUT2D eigenvalue weighted by molar-refractivity contribution is -0.141. The van der Waals surface area contributed by atoms with Gasteiger partial charge in [0, 0.05) is 11.6 Å². The van der Waals surface area contributed by atoms with Gasteiger partial charge in [0.25, 0.3) is 0 Å². The van der Waals surface area contributed by atoms with Crippen LogP contribution in [0.15, 0.2) is 18.2 Å². The predicted molar refractivity (Wildman–Crippen MR) is 53.8 cm³/mol. The van der Waals surface area contributed by atoms with Crippen molar-refractivity contribution >= 4 is 12.0 Å². The van der Waals surface area contributed by atoms with E-state index in [2.05, 4.69) is 4.98 Å². The van der Waals surface area contributed by atoms with Crippen molar-refractivity contribution < 1.29 is 23.1 Å². The molecule has 3 nitrogen and oxygen atoms in total. The summed E-state index contributed by atoms with van der Waals surface area (Å²) < 4.78 is 36.9. The molecule has 6 heteroatoms. The van der Waals surface area contributed by atoms with Gasteiger partial charge in [-0.15, -0.1) is 6.42 Å². The van der Waals surface area contributed by atoms with Gasteiger partial charge in [0.1, 0.15) is 11.4 Å². The van der Waals surface area contributed by atoms with Gasteiger partial charge >= 0.3 is 12.1 Å². The summed E-state index contributed by atoms with van der Waals surface area (Å²) in [6.45, 7) is 0. The van der Waals surface area contributed by atoms with Crippen LogP contribution in [-0.2, 0) is 11.0 Å². The lowest BCUT2D eigenvalue weighted by Gasteiger charge is -2.07. The van der Waals surface area contributed by atoms with Crippen LogP contribution in [0, 0.1) is 12.3 Å². The number of carboxylic acid groups (broad SMARTS) is 1. The van der Waals surface area contributed by atoms with E-state index in [1.807, 2.05) is 5.92 Å². The first-order valence-corrected chi connectivity index (χ1v) is 4.30. The van der Waals surface area contributed by atoms with Crippen molar-refractivity contribution in [3.63, 3.8) is 0 Å². The predicted octanol–water partition coefficient (Wildman–Crippen LogP) is 2.18. The number of carboxylic acids is 1. The minimum Gasteiger partial charge on any atom is -0.478 e. The van der Waals surface area contributed by atoms with E-state index in [0.29, 0.717) is 0 Å². The third-order valence-electron chi connectivity index (χ3n) is 1.76. The van der Waals surface area contributed by atoms with Crippen molar-refractivity contribution in [1.29, 1.82) is 0 Å². The van der Waals surface area contributed by atoms with E-state index in [-0.39, 0.29) is 11.3 Å². The van der Waals surface area contributed by atoms with E-state index in [1.165, 1.54) is 0 Å². The Bertz CT molecular complexity index is 512. The summed E-state index contributed by atoms with van der Waals surface area (Å²) in [5.41, 5.74) is -1.22. The Hall–Kier alpha value is -2.29. The zero-order valence-corrected chi connectivity index (χ0v) is 8.32. The van der Waals surface area contributed by atoms with Crippen LogP contribution >= 0.6 is 0 Å². The second kappa shape index (κ2) is 4.70. The van der Waals surface area contributed by atoms with Crippen LogP contribution in [0.1, 0.15) is 17.0 Å². The Morgan fingerprint density at radius 3 is 2.59 bits per heavy atom. The maximum absolute atomic E-state index is 12.3. The van der Waals surface area contributed by atoms with Crippen LogP contribution < -0.4 is 0 Å². The molecule has 0 aromatic carbocycles. The van der Waals surface area contributed by atoms with E-state index in [1.54, 1.807) is 0 Å². The van der Waals surface area contributed by atoms with Crippen molar-refractivity contribution in [2.24, 2.45) is 0 Å². The first kappa shape index (κ1) is 12.8. The molecule has 17 heavy (non-hydrogen) atoms. The molecule has 1 rings (SSSR count). The molecule has 1 aromatic rings. The summed E-state index contributed by atoms with van der Waals surface area (Å²) in [5, 5.41) is 8.38. The first-order valence-electron chi connectivity index (χ1n) is 4.30. The Kier molecular flexibility index (Phi) is 3.53. The van der Waals surface area contributed by atoms with Crippen molar-refractivity contribution in [1.82, 2.24) is 4.98 Å². The molecule has 0 aliphatic carbocycles. The fourth-order valence-electron chi connectivity index (χ4n) is 1.04. The number of carbonyl (C=O) groups is 1. The number of hydrogen-bond donors (Lipinski definition) is 1. The van der Waals surface area contributed by atoms with Crippen molar-refractivity contribution in [2.75, 3.05) is 0 Å². The second-order valence-electron chi connectivity index (χ2n) is 2.95. The van der Waals surface area contributed by atoms with Gasteiger partial charge in [-0.25, -0.2) is 9.78 Å². The molecule has 0 spiro atoms. The fourth-order valence-corrected chi connectivity index (χ4v) is 1.04. The SMILES string of the molecule is C#Cc1nc(C(F)(F)F)ccc1C=CC(=O)O. The summed E-state index contributed by atoms with van der Waals surface area (Å²) in [7, 11) is 0. The van der Waals surface area contributed by atoms with Gasteiger partial charge < -0.3 is 5.11 Å². The molecule has 0 aliphatic rings. The van der Waals surface area contributed by atoms with Crippen molar-refractivity contribution in [3.05, 3.63) is 35.2 Å². The lowest BCUT2D eigenvalue weighted by atomic mass is 10.1. The molecule has 0 bridgehead atoms. The minimum atomic E-state index is -4.58. The number of pyridine rings is 1. The van der Waals surface area contributed by atoms with E-state index in [4.69, 9.17) is 11.5 Å². The van der Waals surface area contributed by atoms with Gasteiger partial charge in [-0.3, -0.25) is 0 Å². The standard InChI is InChI=1S/C11H6F3NO2/c1-2-8-7(4-6-10(16)17)3-5-9(15-8)11(12,13)14/h1,3-6H,(H,16,17). The molecular weight excluding hydrogens is 235 g/mol. The number of hydrogen-bond acceptors (Lipinski definition) is 2. The zero-order valence-electron chi connectivity index (χ0n) is 8.32. The van der Waals surface area contributed by atoms with Crippen LogP contribution in [0.25, 0.3) is 6.08 Å². The number of nitrogens with zero attached hydrogens (tertiary/aromatic N) is 1. The molecule has 0 saturated carbocycles. The molecule has 0 aliphatic heterocycles. The zero-order chi connectivity index (χ0) is 13.1. The third kappa shape index (κ3) is 3.34. The third-order valence-corrected chi connectivity index (χ3v) is 1.76. The fraction of sp³-hybridized carbons (Fsp3) is 0.0909. The molecule has 88 valence electrons. The van der Waals surface area contributed by atoms with Gasteiger partial charge in [0.05, 0.1) is 0 Å². The molecule has 0 fully saturated rings. The number of rotatable bonds is 2. The number of halogens is 3. The molecule has 0 atom stereocenters. The topological polar surface area (TPSA) is 50.2 Å². The first-order chi connectivity index (χ1) is 7.84. The van der Waals surface area contributed by atoms with Gasteiger partial charge in [-0.2, -0.15) is 13.2 Å². The maximum atomic E-state index is 12.3. The molecule has 0 amide bonds. The highest BCUT2D eigenvalue weighted by molar-refractivity contribution is 5.85. The average Bonchev–Trinajstić information content (AvgIpc) is 2.24. The monoisotopic (exact) mass is 241 g/mol. The minimum absolute atomic E-state index is 0.142. The molecule has 0 saturated heterocycles. The summed E-state index contributed by atoms with van der Waals surface area (Å²) in [5.74, 6) is 0.748. The summed E-state index contributed by atoms with van der Waals surface area (Å²) in [6, 6.07) is 1.81. The number of aromatic nitrogens is 1. The summed E-state index contributed by atoms with van der Waals surface area (Å²) in [6.07, 6.45) is 2.28. The van der Waals surface area contributed by atoms with Gasteiger partial charge in [-0.1, -0.05) is 0 Å². The van der Waals surface area contributed by atoms with E-state index < -0.39 is 17.8 Å². The smallest absolute Gasteiger partial charge is 0.433 e. The Morgan fingerprint density at radius 1 is 1.47 bits per heavy atom. The largest absolute Gasteiger partial charge is 0.478 e. The highest BCUT2D eigenvalue weighted by Gasteiger charge is 2.32. The van der Waals surface area contributed by atoms with Gasteiger partial charge in [0.2, 0.25) is 0 Å². The Labute approximate surface area is 94.6 Å².